The molecule has 4 rings (SSSR count). The van der Waals surface area contributed by atoms with Gasteiger partial charge in [-0.05, 0) is 30.0 Å². The Hall–Kier alpha value is -2.62. The Morgan fingerprint density at radius 3 is 2.96 bits per heavy atom. The predicted octanol–water partition coefficient (Wildman–Crippen LogP) is 3.32. The molecule has 1 saturated heterocycles. The minimum Gasteiger partial charge on any atom is -0.354 e. The van der Waals surface area contributed by atoms with E-state index in [1.807, 2.05) is 18.2 Å². The minimum atomic E-state index is 0.114. The van der Waals surface area contributed by atoms with Gasteiger partial charge in [-0.25, -0.2) is 9.97 Å². The van der Waals surface area contributed by atoms with Crippen molar-refractivity contribution < 1.29 is 0 Å². The molecule has 3 heterocycles. The monoisotopic (exact) mass is 366 g/mol. The van der Waals surface area contributed by atoms with Gasteiger partial charge < -0.3 is 15.6 Å². The maximum absolute atomic E-state index is 9.22. The second kappa shape index (κ2) is 6.60. The van der Waals surface area contributed by atoms with Crippen LogP contribution in [0.3, 0.4) is 0 Å². The molecule has 0 radical (unpaired) electrons. The zero-order valence-electron chi connectivity index (χ0n) is 14.4. The largest absolute Gasteiger partial charge is 0.354 e. The van der Waals surface area contributed by atoms with E-state index in [0.717, 1.165) is 41.8 Å². The third-order valence-electron chi connectivity index (χ3n) is 4.80. The molecule has 0 saturated carbocycles. The average Bonchev–Trinajstić information content (AvgIpc) is 2.96. The van der Waals surface area contributed by atoms with Gasteiger partial charge in [0.05, 0.1) is 17.0 Å². The van der Waals surface area contributed by atoms with Crippen LogP contribution >= 0.6 is 11.6 Å². The zero-order chi connectivity index (χ0) is 18.3. The van der Waals surface area contributed by atoms with Gasteiger partial charge in [-0.3, -0.25) is 0 Å². The molecule has 0 bridgehead atoms. The number of H-pyrrole nitrogens is 1. The normalized spacial score (nSPS) is 20.3. The smallest absolute Gasteiger partial charge is 0.144 e. The van der Waals surface area contributed by atoms with E-state index < -0.39 is 0 Å². The molecule has 2 aromatic heterocycles. The second-order valence-corrected chi connectivity index (χ2v) is 7.31. The molecule has 1 fully saturated rings. The fourth-order valence-electron chi connectivity index (χ4n) is 3.81. The van der Waals surface area contributed by atoms with Gasteiger partial charge in [0.15, 0.2) is 0 Å². The molecular weight excluding hydrogens is 348 g/mol. The summed E-state index contributed by atoms with van der Waals surface area (Å²) in [5, 5.41) is 10.6. The Morgan fingerprint density at radius 2 is 2.19 bits per heavy atom. The van der Waals surface area contributed by atoms with E-state index in [0.29, 0.717) is 22.3 Å². The second-order valence-electron chi connectivity index (χ2n) is 6.93. The number of nitrogens with one attached hydrogen (secondary N) is 1. The van der Waals surface area contributed by atoms with Crippen LogP contribution in [0.2, 0.25) is 5.15 Å². The molecule has 7 heteroatoms. The van der Waals surface area contributed by atoms with Gasteiger partial charge in [-0.1, -0.05) is 30.7 Å². The molecule has 2 atom stereocenters. The Kier molecular flexibility index (Phi) is 4.27. The summed E-state index contributed by atoms with van der Waals surface area (Å²) in [4.78, 5) is 14.3. The predicted molar refractivity (Wildman–Crippen MR) is 103 cm³/mol. The molecule has 6 nitrogen and oxygen atoms in total. The summed E-state index contributed by atoms with van der Waals surface area (Å²) < 4.78 is 0. The maximum atomic E-state index is 9.22. The zero-order valence-corrected chi connectivity index (χ0v) is 15.2. The maximum Gasteiger partial charge on any atom is 0.144 e. The molecule has 3 aromatic rings. The molecule has 1 aromatic carbocycles. The molecular formula is C19H19ClN6. The van der Waals surface area contributed by atoms with Crippen molar-refractivity contribution in [2.45, 2.75) is 19.4 Å². The van der Waals surface area contributed by atoms with Gasteiger partial charge in [0.25, 0.3) is 0 Å². The van der Waals surface area contributed by atoms with Crippen molar-refractivity contribution in [3.63, 3.8) is 0 Å². The first-order chi connectivity index (χ1) is 12.6. The highest BCUT2D eigenvalue weighted by atomic mass is 35.5. The lowest BCUT2D eigenvalue weighted by Crippen LogP contribution is -2.46. The van der Waals surface area contributed by atoms with Gasteiger partial charge in [0, 0.05) is 24.7 Å². The number of piperidine rings is 1. The lowest BCUT2D eigenvalue weighted by molar-refractivity contribution is 0.400. The Morgan fingerprint density at radius 1 is 1.35 bits per heavy atom. The molecule has 132 valence electrons. The van der Waals surface area contributed by atoms with Crippen molar-refractivity contribution >= 4 is 28.5 Å². The number of aromatic nitrogens is 3. The number of halogens is 1. The number of nitrogens with zero attached hydrogens (tertiary/aromatic N) is 4. The van der Waals surface area contributed by atoms with Gasteiger partial charge in [0.1, 0.15) is 22.9 Å². The summed E-state index contributed by atoms with van der Waals surface area (Å²) in [6.45, 7) is 3.84. The summed E-state index contributed by atoms with van der Waals surface area (Å²) in [5.74, 6) is 1.32. The molecule has 26 heavy (non-hydrogen) atoms. The van der Waals surface area contributed by atoms with Crippen LogP contribution in [0.5, 0.6) is 0 Å². The first-order valence-electron chi connectivity index (χ1n) is 8.60. The topological polar surface area (TPSA) is 94.6 Å². The highest BCUT2D eigenvalue weighted by molar-refractivity contribution is 6.35. The molecule has 0 unspecified atom stereocenters. The van der Waals surface area contributed by atoms with Crippen LogP contribution in [0, 0.1) is 17.2 Å². The van der Waals surface area contributed by atoms with E-state index >= 15 is 0 Å². The lowest BCUT2D eigenvalue weighted by atomic mass is 9.96. The number of fused-ring (bicyclic) bond motifs is 1. The van der Waals surface area contributed by atoms with Crippen LogP contribution in [0.15, 0.2) is 30.6 Å². The molecule has 0 amide bonds. The number of hydrogen-bond donors (Lipinski definition) is 2. The van der Waals surface area contributed by atoms with Crippen LogP contribution in [0.4, 0.5) is 5.82 Å². The summed E-state index contributed by atoms with van der Waals surface area (Å²) in [6, 6.07) is 9.69. The molecule has 0 spiro atoms. The van der Waals surface area contributed by atoms with Gasteiger partial charge in [-0.2, -0.15) is 5.26 Å². The van der Waals surface area contributed by atoms with Gasteiger partial charge >= 0.3 is 0 Å². The Bertz CT molecular complexity index is 995. The van der Waals surface area contributed by atoms with Crippen molar-refractivity contribution in [2.75, 3.05) is 18.0 Å². The van der Waals surface area contributed by atoms with Crippen molar-refractivity contribution in [3.05, 3.63) is 41.3 Å². The number of nitriles is 1. The summed E-state index contributed by atoms with van der Waals surface area (Å²) >= 11 is 6.52. The van der Waals surface area contributed by atoms with Crippen LogP contribution < -0.4 is 10.6 Å². The first kappa shape index (κ1) is 16.8. The minimum absolute atomic E-state index is 0.114. The number of rotatable bonds is 2. The van der Waals surface area contributed by atoms with E-state index in [4.69, 9.17) is 17.3 Å². The van der Waals surface area contributed by atoms with Gasteiger partial charge in [-0.15, -0.1) is 0 Å². The number of benzene rings is 1. The quantitative estimate of drug-likeness (QED) is 0.725. The van der Waals surface area contributed by atoms with Crippen LogP contribution in [0.25, 0.3) is 22.2 Å². The molecule has 3 N–H and O–H groups in total. The third-order valence-corrected chi connectivity index (χ3v) is 5.08. The molecule has 0 aliphatic carbocycles. The highest BCUT2D eigenvalue weighted by Gasteiger charge is 2.27. The number of nitrogens with two attached hydrogens (primary N) is 1. The van der Waals surface area contributed by atoms with E-state index in [1.165, 1.54) is 0 Å². The summed E-state index contributed by atoms with van der Waals surface area (Å²) in [7, 11) is 0. The Labute approximate surface area is 156 Å². The fraction of sp³-hybridized carbons (Fsp3) is 0.316. The van der Waals surface area contributed by atoms with Crippen LogP contribution in [-0.2, 0) is 0 Å². The molecule has 1 aliphatic rings. The number of anilines is 1. The first-order valence-corrected chi connectivity index (χ1v) is 8.98. The molecule has 1 aliphatic heterocycles. The average molecular weight is 367 g/mol. The van der Waals surface area contributed by atoms with Gasteiger partial charge in [0.2, 0.25) is 0 Å². The fourth-order valence-corrected chi connectivity index (χ4v) is 4.10. The van der Waals surface area contributed by atoms with Crippen molar-refractivity contribution in [1.29, 1.82) is 5.26 Å². The third kappa shape index (κ3) is 2.90. The van der Waals surface area contributed by atoms with E-state index in [2.05, 4.69) is 32.8 Å². The standard InChI is InChI=1S/C19H19ClN6/c1-11-5-14(22)9-26(8-11)19-16-15(13-4-2-3-12(6-13)7-21)17(20)25-18(16)23-10-24-19/h2-4,6,10-11,14H,5,8-9,22H2,1H3,(H,23,24,25)/t11-,14+/m0/s1. The number of aromatic amines is 1. The van der Waals surface area contributed by atoms with E-state index in [9.17, 15) is 5.26 Å². The van der Waals surface area contributed by atoms with Crippen molar-refractivity contribution in [1.82, 2.24) is 15.0 Å². The SMILES string of the molecule is C[C@H]1C[C@@H](N)CN(c2ncnc3[nH]c(Cl)c(-c4cccc(C#N)c4)c23)C1. The van der Waals surface area contributed by atoms with E-state index in [1.54, 1.807) is 12.4 Å². The van der Waals surface area contributed by atoms with Crippen LogP contribution in [0.1, 0.15) is 18.9 Å². The Balaban J connectivity index is 1.92. The van der Waals surface area contributed by atoms with Crippen molar-refractivity contribution in [2.24, 2.45) is 11.7 Å². The lowest BCUT2D eigenvalue weighted by Gasteiger charge is -2.35. The van der Waals surface area contributed by atoms with Crippen LogP contribution in [-0.4, -0.2) is 34.1 Å². The number of hydrogen-bond acceptors (Lipinski definition) is 5. The summed E-state index contributed by atoms with van der Waals surface area (Å²) in [6.07, 6.45) is 2.56. The van der Waals surface area contributed by atoms with Crippen molar-refractivity contribution in [3.8, 4) is 17.2 Å². The summed E-state index contributed by atoms with van der Waals surface area (Å²) in [5.41, 5.74) is 9.19. The highest BCUT2D eigenvalue weighted by Crippen LogP contribution is 2.39. The van der Waals surface area contributed by atoms with E-state index in [-0.39, 0.29) is 6.04 Å².